The van der Waals surface area contributed by atoms with Crippen molar-refractivity contribution in [3.05, 3.63) is 29.6 Å². The van der Waals surface area contributed by atoms with Gasteiger partial charge in [0.25, 0.3) is 5.91 Å². The zero-order valence-electron chi connectivity index (χ0n) is 11.6. The molecule has 1 aliphatic carbocycles. The first-order chi connectivity index (χ1) is 9.69. The predicted molar refractivity (Wildman–Crippen MR) is 80.0 cm³/mol. The maximum absolute atomic E-state index is 14.0. The Kier molecular flexibility index (Phi) is 5.40. The maximum atomic E-state index is 14.0. The zero-order chi connectivity index (χ0) is 14.5. The number of carbonyl (C=O) groups is 1. The van der Waals surface area contributed by atoms with Crippen LogP contribution in [0.15, 0.2) is 18.2 Å². The van der Waals surface area contributed by atoms with Gasteiger partial charge in [-0.2, -0.15) is 0 Å². The van der Waals surface area contributed by atoms with Gasteiger partial charge in [0.15, 0.2) is 0 Å². The number of nitrogens with zero attached hydrogens (tertiary/aromatic N) is 1. The number of ether oxygens (including phenoxy) is 1. The molecule has 0 heterocycles. The third kappa shape index (κ3) is 3.14. The number of rotatable bonds is 6. The van der Waals surface area contributed by atoms with Crippen molar-refractivity contribution in [2.45, 2.75) is 31.7 Å². The summed E-state index contributed by atoms with van der Waals surface area (Å²) in [5, 5.41) is 0.831. The second-order valence-corrected chi connectivity index (χ2v) is 5.74. The summed E-state index contributed by atoms with van der Waals surface area (Å²) in [6.45, 7) is 0.645. The Labute approximate surface area is 127 Å². The van der Waals surface area contributed by atoms with Gasteiger partial charge in [-0.15, -0.1) is 0 Å². The van der Waals surface area contributed by atoms with Gasteiger partial charge in [-0.05, 0) is 37.8 Å². The van der Waals surface area contributed by atoms with E-state index in [9.17, 15) is 9.18 Å². The summed E-state index contributed by atoms with van der Waals surface area (Å²) in [5.41, 5.74) is 0.0523. The van der Waals surface area contributed by atoms with E-state index in [1.807, 2.05) is 0 Å². The summed E-state index contributed by atoms with van der Waals surface area (Å²) < 4.78 is 19.2. The van der Waals surface area contributed by atoms with Gasteiger partial charge in [-0.1, -0.05) is 22.0 Å². The summed E-state index contributed by atoms with van der Waals surface area (Å²) in [5.74, 6) is -0.471. The number of benzene rings is 1. The molecule has 0 saturated heterocycles. The van der Waals surface area contributed by atoms with Crippen LogP contribution in [-0.4, -0.2) is 35.8 Å². The molecule has 0 N–H and O–H groups in total. The van der Waals surface area contributed by atoms with Crippen molar-refractivity contribution in [3.63, 3.8) is 0 Å². The molecule has 0 aliphatic heterocycles. The first-order valence-electron chi connectivity index (χ1n) is 6.88. The SMILES string of the molecule is COc1cccc(F)c1C(=O)N(CCCBr)C1CCC1. The van der Waals surface area contributed by atoms with E-state index in [2.05, 4.69) is 15.9 Å². The molecule has 0 atom stereocenters. The maximum Gasteiger partial charge on any atom is 0.260 e. The van der Waals surface area contributed by atoms with Crippen molar-refractivity contribution in [2.24, 2.45) is 0 Å². The van der Waals surface area contributed by atoms with Gasteiger partial charge in [0.05, 0.1) is 7.11 Å². The van der Waals surface area contributed by atoms with E-state index >= 15 is 0 Å². The lowest BCUT2D eigenvalue weighted by Crippen LogP contribution is -2.45. The van der Waals surface area contributed by atoms with Gasteiger partial charge in [-0.3, -0.25) is 4.79 Å². The average Bonchev–Trinajstić information content (AvgIpc) is 2.40. The number of hydrogen-bond donors (Lipinski definition) is 0. The molecule has 0 radical (unpaired) electrons. The van der Waals surface area contributed by atoms with Crippen LogP contribution in [0, 0.1) is 5.82 Å². The van der Waals surface area contributed by atoms with Crippen molar-refractivity contribution in [3.8, 4) is 5.75 Å². The minimum atomic E-state index is -0.516. The molecular formula is C15H19BrFNO2. The summed E-state index contributed by atoms with van der Waals surface area (Å²) in [4.78, 5) is 14.5. The molecule has 5 heteroatoms. The van der Waals surface area contributed by atoms with Gasteiger partial charge in [-0.25, -0.2) is 4.39 Å². The Morgan fingerprint density at radius 3 is 2.80 bits per heavy atom. The van der Waals surface area contributed by atoms with Crippen LogP contribution in [0.4, 0.5) is 4.39 Å². The molecule has 3 nitrogen and oxygen atoms in total. The Morgan fingerprint density at radius 1 is 1.50 bits per heavy atom. The van der Waals surface area contributed by atoms with Crippen molar-refractivity contribution in [2.75, 3.05) is 19.0 Å². The third-order valence-electron chi connectivity index (χ3n) is 3.72. The lowest BCUT2D eigenvalue weighted by atomic mass is 9.90. The van der Waals surface area contributed by atoms with Crippen molar-refractivity contribution >= 4 is 21.8 Å². The van der Waals surface area contributed by atoms with Crippen LogP contribution in [0.3, 0.4) is 0 Å². The number of alkyl halides is 1. The van der Waals surface area contributed by atoms with E-state index < -0.39 is 5.82 Å². The predicted octanol–water partition coefficient (Wildman–Crippen LogP) is 3.61. The molecule has 1 aliphatic rings. The molecular weight excluding hydrogens is 325 g/mol. The van der Waals surface area contributed by atoms with Crippen molar-refractivity contribution in [1.82, 2.24) is 4.90 Å². The van der Waals surface area contributed by atoms with E-state index in [4.69, 9.17) is 4.74 Å². The number of amides is 1. The topological polar surface area (TPSA) is 29.5 Å². The molecule has 1 amide bonds. The van der Waals surface area contributed by atoms with Crippen LogP contribution in [0.25, 0.3) is 0 Å². The summed E-state index contributed by atoms with van der Waals surface area (Å²) in [6.07, 6.45) is 4.01. The first kappa shape index (κ1) is 15.3. The molecule has 0 spiro atoms. The van der Waals surface area contributed by atoms with Crippen LogP contribution in [0.1, 0.15) is 36.0 Å². The van der Waals surface area contributed by atoms with Gasteiger partial charge >= 0.3 is 0 Å². The smallest absolute Gasteiger partial charge is 0.260 e. The molecule has 20 heavy (non-hydrogen) atoms. The van der Waals surface area contributed by atoms with Crippen LogP contribution in [0.5, 0.6) is 5.75 Å². The van der Waals surface area contributed by atoms with Crippen molar-refractivity contribution in [1.29, 1.82) is 0 Å². The zero-order valence-corrected chi connectivity index (χ0v) is 13.2. The fourth-order valence-electron chi connectivity index (χ4n) is 2.40. The van der Waals surface area contributed by atoms with Crippen LogP contribution < -0.4 is 4.74 Å². The monoisotopic (exact) mass is 343 g/mol. The van der Waals surface area contributed by atoms with Crippen LogP contribution in [-0.2, 0) is 0 Å². The molecule has 1 aromatic carbocycles. The summed E-state index contributed by atoms with van der Waals surface area (Å²) in [7, 11) is 1.46. The fraction of sp³-hybridized carbons (Fsp3) is 0.533. The van der Waals surface area contributed by atoms with Gasteiger partial charge in [0.2, 0.25) is 0 Å². The van der Waals surface area contributed by atoms with E-state index in [-0.39, 0.29) is 17.5 Å². The van der Waals surface area contributed by atoms with Crippen LogP contribution in [0.2, 0.25) is 0 Å². The number of hydrogen-bond acceptors (Lipinski definition) is 2. The van der Waals surface area contributed by atoms with Crippen molar-refractivity contribution < 1.29 is 13.9 Å². The quantitative estimate of drug-likeness (QED) is 0.738. The number of halogens is 2. The van der Waals surface area contributed by atoms with E-state index in [1.54, 1.807) is 17.0 Å². The van der Waals surface area contributed by atoms with Gasteiger partial charge in [0, 0.05) is 17.9 Å². The van der Waals surface area contributed by atoms with E-state index in [1.165, 1.54) is 13.2 Å². The molecule has 2 rings (SSSR count). The van der Waals surface area contributed by atoms with Gasteiger partial charge < -0.3 is 9.64 Å². The third-order valence-corrected chi connectivity index (χ3v) is 4.28. The normalized spacial score (nSPS) is 14.8. The highest BCUT2D eigenvalue weighted by atomic mass is 79.9. The van der Waals surface area contributed by atoms with E-state index in [0.29, 0.717) is 12.3 Å². The highest BCUT2D eigenvalue weighted by Gasteiger charge is 2.31. The lowest BCUT2D eigenvalue weighted by molar-refractivity contribution is 0.0573. The molecule has 0 aromatic heterocycles. The Morgan fingerprint density at radius 2 is 2.25 bits per heavy atom. The standard InChI is InChI=1S/C15H19BrFNO2/c1-20-13-8-3-7-12(17)14(13)15(19)18(10-4-9-16)11-5-2-6-11/h3,7-8,11H,2,4-6,9-10H2,1H3. The van der Waals surface area contributed by atoms with Gasteiger partial charge in [0.1, 0.15) is 17.1 Å². The Balaban J connectivity index is 2.26. The molecule has 1 saturated carbocycles. The first-order valence-corrected chi connectivity index (χ1v) is 8.00. The molecule has 110 valence electrons. The fourth-order valence-corrected chi connectivity index (χ4v) is 2.65. The molecule has 0 bridgehead atoms. The van der Waals surface area contributed by atoms with Crippen LogP contribution >= 0.6 is 15.9 Å². The Hall–Kier alpha value is -1.10. The minimum Gasteiger partial charge on any atom is -0.496 e. The second-order valence-electron chi connectivity index (χ2n) is 4.94. The molecule has 1 fully saturated rings. The lowest BCUT2D eigenvalue weighted by Gasteiger charge is -2.37. The highest BCUT2D eigenvalue weighted by Crippen LogP contribution is 2.29. The summed E-state index contributed by atoms with van der Waals surface area (Å²) >= 11 is 3.38. The number of methoxy groups -OCH3 is 1. The second kappa shape index (κ2) is 7.07. The molecule has 0 unspecified atom stereocenters. The highest BCUT2D eigenvalue weighted by molar-refractivity contribution is 9.09. The minimum absolute atomic E-state index is 0.0523. The summed E-state index contributed by atoms with van der Waals surface area (Å²) in [6, 6.07) is 4.72. The largest absolute Gasteiger partial charge is 0.496 e. The molecule has 1 aromatic rings. The average molecular weight is 344 g/mol. The van der Waals surface area contributed by atoms with E-state index in [0.717, 1.165) is 31.0 Å². The Bertz CT molecular complexity index is 477. The number of carbonyl (C=O) groups excluding carboxylic acids is 1.